The fourth-order valence-electron chi connectivity index (χ4n) is 1.67. The topological polar surface area (TPSA) is 93.0 Å². The summed E-state index contributed by atoms with van der Waals surface area (Å²) in [5.41, 5.74) is 3.84. The molecule has 1 aromatic heterocycles. The van der Waals surface area contributed by atoms with Crippen molar-refractivity contribution in [1.29, 1.82) is 0 Å². The van der Waals surface area contributed by atoms with Gasteiger partial charge in [-0.2, -0.15) is 5.10 Å². The molecule has 4 N–H and O–H groups in total. The lowest BCUT2D eigenvalue weighted by Gasteiger charge is -2.08. The van der Waals surface area contributed by atoms with Crippen molar-refractivity contribution in [2.45, 2.75) is 13.3 Å². The monoisotopic (exact) mass is 260 g/mol. The smallest absolute Gasteiger partial charge is 0.283 e. The molecule has 6 nitrogen and oxygen atoms in total. The standard InChI is InChI=1S/C13H16N4O2/c1-2-7-19-12-6-4-3-5-9(12)10-8-11(17-16-10)13(18)15-14/h3-6,8H,2,7,14H2,1H3,(H,15,18)(H,16,17). The molecule has 0 radical (unpaired) electrons. The van der Waals surface area contributed by atoms with Gasteiger partial charge >= 0.3 is 0 Å². The zero-order valence-electron chi connectivity index (χ0n) is 10.6. The Bertz CT molecular complexity index is 565. The zero-order chi connectivity index (χ0) is 13.7. The van der Waals surface area contributed by atoms with Crippen LogP contribution in [0.3, 0.4) is 0 Å². The van der Waals surface area contributed by atoms with Gasteiger partial charge in [0.2, 0.25) is 0 Å². The van der Waals surface area contributed by atoms with E-state index < -0.39 is 5.91 Å². The van der Waals surface area contributed by atoms with Crippen LogP contribution in [-0.2, 0) is 0 Å². The molecule has 1 heterocycles. The number of nitrogens with two attached hydrogens (primary N) is 1. The number of carbonyl (C=O) groups excluding carboxylic acids is 1. The molecule has 0 atom stereocenters. The second-order valence-electron chi connectivity index (χ2n) is 3.98. The maximum absolute atomic E-state index is 11.4. The lowest BCUT2D eigenvalue weighted by Crippen LogP contribution is -2.30. The summed E-state index contributed by atoms with van der Waals surface area (Å²) in [7, 11) is 0. The number of H-pyrrole nitrogens is 1. The third kappa shape index (κ3) is 2.92. The van der Waals surface area contributed by atoms with E-state index in [1.54, 1.807) is 6.07 Å². The molecule has 0 unspecified atom stereocenters. The number of amides is 1. The van der Waals surface area contributed by atoms with Crippen LogP contribution in [0.25, 0.3) is 11.3 Å². The van der Waals surface area contributed by atoms with E-state index in [2.05, 4.69) is 15.6 Å². The first-order valence-corrected chi connectivity index (χ1v) is 6.04. The van der Waals surface area contributed by atoms with Crippen molar-refractivity contribution >= 4 is 5.91 Å². The average molecular weight is 260 g/mol. The van der Waals surface area contributed by atoms with Gasteiger partial charge in [-0.3, -0.25) is 15.3 Å². The summed E-state index contributed by atoms with van der Waals surface area (Å²) in [5, 5.41) is 6.74. The van der Waals surface area contributed by atoms with Crippen LogP contribution in [0.4, 0.5) is 0 Å². The van der Waals surface area contributed by atoms with Gasteiger partial charge in [-0.1, -0.05) is 19.1 Å². The molecular formula is C13H16N4O2. The zero-order valence-corrected chi connectivity index (χ0v) is 10.6. The Morgan fingerprint density at radius 1 is 1.47 bits per heavy atom. The first-order valence-electron chi connectivity index (χ1n) is 6.04. The molecule has 0 fully saturated rings. The number of ether oxygens (including phenoxy) is 1. The van der Waals surface area contributed by atoms with Crippen molar-refractivity contribution in [3.05, 3.63) is 36.0 Å². The number of aromatic nitrogens is 2. The molecule has 0 aliphatic heterocycles. The molecule has 0 aliphatic carbocycles. The number of nitrogens with zero attached hydrogens (tertiary/aromatic N) is 1. The fraction of sp³-hybridized carbons (Fsp3) is 0.231. The lowest BCUT2D eigenvalue weighted by molar-refractivity contribution is 0.0948. The highest BCUT2D eigenvalue weighted by molar-refractivity contribution is 5.93. The van der Waals surface area contributed by atoms with Gasteiger partial charge in [-0.05, 0) is 24.6 Å². The summed E-state index contributed by atoms with van der Waals surface area (Å²) in [6, 6.07) is 9.20. The normalized spacial score (nSPS) is 10.2. The maximum atomic E-state index is 11.4. The van der Waals surface area contributed by atoms with E-state index >= 15 is 0 Å². The number of hydrazine groups is 1. The van der Waals surface area contributed by atoms with Gasteiger partial charge < -0.3 is 4.74 Å². The molecule has 19 heavy (non-hydrogen) atoms. The Kier molecular flexibility index (Phi) is 4.15. The van der Waals surface area contributed by atoms with Gasteiger partial charge in [-0.15, -0.1) is 0 Å². The van der Waals surface area contributed by atoms with E-state index in [0.29, 0.717) is 18.0 Å². The van der Waals surface area contributed by atoms with E-state index in [1.807, 2.05) is 31.2 Å². The number of carbonyl (C=O) groups is 1. The molecule has 0 saturated carbocycles. The van der Waals surface area contributed by atoms with Crippen LogP contribution in [0.5, 0.6) is 5.75 Å². The Balaban J connectivity index is 2.30. The van der Waals surface area contributed by atoms with Crippen molar-refractivity contribution in [2.75, 3.05) is 6.61 Å². The second-order valence-corrected chi connectivity index (χ2v) is 3.98. The SMILES string of the molecule is CCCOc1ccccc1-c1cc(C(=O)NN)[nH]n1. The molecule has 0 aliphatic rings. The third-order valence-electron chi connectivity index (χ3n) is 2.58. The van der Waals surface area contributed by atoms with Crippen LogP contribution in [-0.4, -0.2) is 22.7 Å². The average Bonchev–Trinajstić information content (AvgIpc) is 2.94. The first-order chi connectivity index (χ1) is 9.26. The molecule has 1 amide bonds. The van der Waals surface area contributed by atoms with Crippen molar-refractivity contribution in [3.63, 3.8) is 0 Å². The Hall–Kier alpha value is -2.34. The highest BCUT2D eigenvalue weighted by Crippen LogP contribution is 2.28. The Morgan fingerprint density at radius 2 is 2.26 bits per heavy atom. The highest BCUT2D eigenvalue weighted by Gasteiger charge is 2.12. The molecule has 0 saturated heterocycles. The van der Waals surface area contributed by atoms with E-state index in [-0.39, 0.29) is 0 Å². The van der Waals surface area contributed by atoms with Gasteiger partial charge in [0.15, 0.2) is 0 Å². The number of benzene rings is 1. The second kappa shape index (κ2) is 6.01. The number of rotatable bonds is 5. The number of nitrogen functional groups attached to an aromatic ring is 1. The minimum atomic E-state index is -0.411. The van der Waals surface area contributed by atoms with Crippen LogP contribution in [0.15, 0.2) is 30.3 Å². The van der Waals surface area contributed by atoms with Gasteiger partial charge in [0.25, 0.3) is 5.91 Å². The summed E-state index contributed by atoms with van der Waals surface area (Å²) < 4.78 is 5.66. The largest absolute Gasteiger partial charge is 0.493 e. The van der Waals surface area contributed by atoms with Crippen molar-refractivity contribution in [1.82, 2.24) is 15.6 Å². The quantitative estimate of drug-likeness (QED) is 0.431. The fourth-order valence-corrected chi connectivity index (χ4v) is 1.67. The molecule has 1 aromatic carbocycles. The van der Waals surface area contributed by atoms with Crippen molar-refractivity contribution < 1.29 is 9.53 Å². The summed E-state index contributed by atoms with van der Waals surface area (Å²) >= 11 is 0. The molecular weight excluding hydrogens is 244 g/mol. The number of para-hydroxylation sites is 1. The van der Waals surface area contributed by atoms with Gasteiger partial charge in [-0.25, -0.2) is 5.84 Å². The minimum Gasteiger partial charge on any atom is -0.493 e. The van der Waals surface area contributed by atoms with E-state index in [0.717, 1.165) is 17.7 Å². The molecule has 100 valence electrons. The Labute approximate surface area is 110 Å². The van der Waals surface area contributed by atoms with Crippen LogP contribution in [0.1, 0.15) is 23.8 Å². The van der Waals surface area contributed by atoms with Crippen LogP contribution < -0.4 is 16.0 Å². The summed E-state index contributed by atoms with van der Waals surface area (Å²) in [6.45, 7) is 2.68. The predicted molar refractivity (Wildman–Crippen MR) is 71.5 cm³/mol. The molecule has 2 aromatic rings. The molecule has 0 bridgehead atoms. The summed E-state index contributed by atoms with van der Waals surface area (Å²) in [5.74, 6) is 5.41. The van der Waals surface area contributed by atoms with Crippen molar-refractivity contribution in [3.8, 4) is 17.0 Å². The molecule has 2 rings (SSSR count). The number of hydrogen-bond acceptors (Lipinski definition) is 4. The van der Waals surface area contributed by atoms with E-state index in [1.165, 1.54) is 0 Å². The predicted octanol–water partition coefficient (Wildman–Crippen LogP) is 1.47. The highest BCUT2D eigenvalue weighted by atomic mass is 16.5. The first kappa shape index (κ1) is 13.1. The summed E-state index contributed by atoms with van der Waals surface area (Å²) in [6.07, 6.45) is 0.926. The van der Waals surface area contributed by atoms with E-state index in [4.69, 9.17) is 10.6 Å². The molecule has 0 spiro atoms. The Morgan fingerprint density at radius 3 is 3.00 bits per heavy atom. The summed E-state index contributed by atoms with van der Waals surface area (Å²) in [4.78, 5) is 11.4. The third-order valence-corrected chi connectivity index (χ3v) is 2.58. The van der Waals surface area contributed by atoms with Crippen LogP contribution >= 0.6 is 0 Å². The number of nitrogens with one attached hydrogen (secondary N) is 2. The van der Waals surface area contributed by atoms with Crippen LogP contribution in [0, 0.1) is 0 Å². The minimum absolute atomic E-state index is 0.308. The maximum Gasteiger partial charge on any atom is 0.283 e. The number of hydrogen-bond donors (Lipinski definition) is 3. The van der Waals surface area contributed by atoms with E-state index in [9.17, 15) is 4.79 Å². The number of aromatic amines is 1. The van der Waals surface area contributed by atoms with Gasteiger partial charge in [0.1, 0.15) is 11.4 Å². The lowest BCUT2D eigenvalue weighted by atomic mass is 10.1. The van der Waals surface area contributed by atoms with Crippen LogP contribution in [0.2, 0.25) is 0 Å². The van der Waals surface area contributed by atoms with Crippen molar-refractivity contribution in [2.24, 2.45) is 5.84 Å². The van der Waals surface area contributed by atoms with Gasteiger partial charge in [0, 0.05) is 5.56 Å². The molecule has 6 heteroatoms. The van der Waals surface area contributed by atoms with Gasteiger partial charge in [0.05, 0.1) is 12.3 Å².